The third-order valence-electron chi connectivity index (χ3n) is 5.22. The number of furan rings is 1. The normalized spacial score (nSPS) is 20.6. The van der Waals surface area contributed by atoms with Gasteiger partial charge in [0.15, 0.2) is 0 Å². The van der Waals surface area contributed by atoms with Gasteiger partial charge in [0.05, 0.1) is 18.2 Å². The zero-order valence-corrected chi connectivity index (χ0v) is 14.4. The summed E-state index contributed by atoms with van der Waals surface area (Å²) in [6.07, 6.45) is 10.7. The Morgan fingerprint density at radius 3 is 3.04 bits per heavy atom. The molecule has 4 rings (SSSR count). The van der Waals surface area contributed by atoms with E-state index in [-0.39, 0.29) is 0 Å². The van der Waals surface area contributed by atoms with Crippen molar-refractivity contribution < 1.29 is 9.52 Å². The van der Waals surface area contributed by atoms with Crippen LogP contribution in [0, 0.1) is 0 Å². The van der Waals surface area contributed by atoms with Crippen LogP contribution in [0.25, 0.3) is 5.65 Å². The molecule has 3 aromatic rings. The van der Waals surface area contributed by atoms with Crippen molar-refractivity contribution in [1.29, 1.82) is 0 Å². The van der Waals surface area contributed by atoms with Gasteiger partial charge < -0.3 is 13.9 Å². The zero-order chi connectivity index (χ0) is 17.1. The second kappa shape index (κ2) is 7.42. The predicted octanol–water partition coefficient (Wildman–Crippen LogP) is 3.80. The minimum absolute atomic E-state index is 0.358. The van der Waals surface area contributed by atoms with E-state index in [0.29, 0.717) is 18.2 Å². The molecule has 0 saturated carbocycles. The van der Waals surface area contributed by atoms with E-state index < -0.39 is 6.10 Å². The minimum Gasteiger partial charge on any atom is -0.467 e. The van der Waals surface area contributed by atoms with Gasteiger partial charge in [-0.05, 0) is 50.1 Å². The molecule has 1 fully saturated rings. The Balaban J connectivity index is 1.52. The summed E-state index contributed by atoms with van der Waals surface area (Å²) < 4.78 is 7.54. The Kier molecular flexibility index (Phi) is 4.85. The van der Waals surface area contributed by atoms with Crippen LogP contribution in [0.2, 0.25) is 0 Å². The molecule has 0 aromatic carbocycles. The number of hydrogen-bond donors (Lipinski definition) is 1. The van der Waals surface area contributed by atoms with E-state index in [1.807, 2.05) is 36.5 Å². The maximum atomic E-state index is 10.5. The van der Waals surface area contributed by atoms with Crippen molar-refractivity contribution in [3.63, 3.8) is 0 Å². The fourth-order valence-electron chi connectivity index (χ4n) is 3.88. The van der Waals surface area contributed by atoms with Gasteiger partial charge in [0.1, 0.15) is 17.5 Å². The quantitative estimate of drug-likeness (QED) is 0.768. The van der Waals surface area contributed by atoms with Gasteiger partial charge in [-0.2, -0.15) is 0 Å². The van der Waals surface area contributed by atoms with E-state index in [0.717, 1.165) is 25.2 Å². The maximum absolute atomic E-state index is 10.5. The standard InChI is InChI=1S/C20H25N3O2/c24-18(19-8-6-12-25-19)13-16-7-2-1-4-10-22(16)15-17-14-21-20-9-3-5-11-23(17)20/h3,5-6,8-9,11-12,14,16,18,24H,1-2,4,7,10,13,15H2. The van der Waals surface area contributed by atoms with Gasteiger partial charge >= 0.3 is 0 Å². The van der Waals surface area contributed by atoms with E-state index in [2.05, 4.69) is 20.5 Å². The number of nitrogens with zero attached hydrogens (tertiary/aromatic N) is 3. The molecule has 1 N–H and O–H groups in total. The highest BCUT2D eigenvalue weighted by Crippen LogP contribution is 2.28. The Morgan fingerprint density at radius 2 is 2.16 bits per heavy atom. The fraction of sp³-hybridized carbons (Fsp3) is 0.450. The van der Waals surface area contributed by atoms with E-state index in [1.165, 1.54) is 25.0 Å². The van der Waals surface area contributed by atoms with Crippen molar-refractivity contribution in [2.45, 2.75) is 50.8 Å². The average molecular weight is 339 g/mol. The molecule has 25 heavy (non-hydrogen) atoms. The summed E-state index contributed by atoms with van der Waals surface area (Å²) in [5, 5.41) is 10.5. The van der Waals surface area contributed by atoms with Crippen molar-refractivity contribution in [1.82, 2.24) is 14.3 Å². The largest absolute Gasteiger partial charge is 0.467 e. The lowest BCUT2D eigenvalue weighted by molar-refractivity contribution is 0.0824. The summed E-state index contributed by atoms with van der Waals surface area (Å²) in [7, 11) is 0. The third-order valence-corrected chi connectivity index (χ3v) is 5.22. The lowest BCUT2D eigenvalue weighted by Crippen LogP contribution is -2.36. The summed E-state index contributed by atoms with van der Waals surface area (Å²) in [5.41, 5.74) is 2.19. The van der Waals surface area contributed by atoms with E-state index in [9.17, 15) is 5.11 Å². The second-order valence-electron chi connectivity index (χ2n) is 6.92. The monoisotopic (exact) mass is 339 g/mol. The smallest absolute Gasteiger partial charge is 0.136 e. The lowest BCUT2D eigenvalue weighted by atomic mass is 10.0. The van der Waals surface area contributed by atoms with E-state index in [1.54, 1.807) is 6.26 Å². The van der Waals surface area contributed by atoms with Crippen LogP contribution in [0.3, 0.4) is 0 Å². The SMILES string of the molecule is OC(CC1CCCCCN1Cc1cnc2ccccn12)c1ccco1. The maximum Gasteiger partial charge on any atom is 0.136 e. The topological polar surface area (TPSA) is 53.9 Å². The number of likely N-dealkylation sites (tertiary alicyclic amines) is 1. The molecule has 0 radical (unpaired) electrons. The second-order valence-corrected chi connectivity index (χ2v) is 6.92. The van der Waals surface area contributed by atoms with Crippen molar-refractivity contribution in [2.75, 3.05) is 6.54 Å². The van der Waals surface area contributed by atoms with Crippen LogP contribution >= 0.6 is 0 Å². The lowest BCUT2D eigenvalue weighted by Gasteiger charge is -2.31. The fourth-order valence-corrected chi connectivity index (χ4v) is 3.88. The average Bonchev–Trinajstić information content (AvgIpc) is 3.25. The van der Waals surface area contributed by atoms with Crippen molar-refractivity contribution in [2.24, 2.45) is 0 Å². The van der Waals surface area contributed by atoms with E-state index in [4.69, 9.17) is 4.42 Å². The Labute approximate surface area is 147 Å². The molecule has 3 aromatic heterocycles. The number of hydrogen-bond acceptors (Lipinski definition) is 4. The number of imidazole rings is 1. The molecule has 1 aliphatic heterocycles. The van der Waals surface area contributed by atoms with Gasteiger partial charge in [0, 0.05) is 18.8 Å². The number of aliphatic hydroxyl groups is 1. The number of rotatable bonds is 5. The number of aliphatic hydroxyl groups excluding tert-OH is 1. The Bertz CT molecular complexity index is 796. The molecule has 132 valence electrons. The summed E-state index contributed by atoms with van der Waals surface area (Å²) in [6.45, 7) is 1.93. The molecule has 0 aliphatic carbocycles. The van der Waals surface area contributed by atoms with Gasteiger partial charge in [-0.25, -0.2) is 4.98 Å². The summed E-state index contributed by atoms with van der Waals surface area (Å²) in [4.78, 5) is 7.02. The Morgan fingerprint density at radius 1 is 1.20 bits per heavy atom. The van der Waals surface area contributed by atoms with Crippen LogP contribution in [0.5, 0.6) is 0 Å². The summed E-state index contributed by atoms with van der Waals surface area (Å²) >= 11 is 0. The highest BCUT2D eigenvalue weighted by molar-refractivity contribution is 5.39. The molecule has 0 bridgehead atoms. The first-order chi connectivity index (χ1) is 12.3. The van der Waals surface area contributed by atoms with Crippen LogP contribution in [-0.2, 0) is 6.54 Å². The van der Waals surface area contributed by atoms with Crippen LogP contribution in [-0.4, -0.2) is 32.0 Å². The molecule has 2 unspecified atom stereocenters. The van der Waals surface area contributed by atoms with Crippen molar-refractivity contribution in [3.8, 4) is 0 Å². The summed E-state index contributed by atoms with van der Waals surface area (Å²) in [5.74, 6) is 0.666. The molecule has 5 nitrogen and oxygen atoms in total. The third kappa shape index (κ3) is 3.62. The van der Waals surface area contributed by atoms with Gasteiger partial charge in [0.25, 0.3) is 0 Å². The van der Waals surface area contributed by atoms with E-state index >= 15 is 0 Å². The van der Waals surface area contributed by atoms with Gasteiger partial charge in [-0.15, -0.1) is 0 Å². The Hall–Kier alpha value is -2.11. The zero-order valence-electron chi connectivity index (χ0n) is 14.4. The molecule has 1 aliphatic rings. The predicted molar refractivity (Wildman–Crippen MR) is 96.1 cm³/mol. The number of aromatic nitrogens is 2. The highest BCUT2D eigenvalue weighted by Gasteiger charge is 2.26. The number of fused-ring (bicyclic) bond motifs is 1. The van der Waals surface area contributed by atoms with Gasteiger partial charge in [0.2, 0.25) is 0 Å². The molecule has 4 heterocycles. The van der Waals surface area contributed by atoms with Crippen LogP contribution in [0.1, 0.15) is 49.7 Å². The molecule has 1 saturated heterocycles. The molecule has 0 spiro atoms. The molecular formula is C20H25N3O2. The first kappa shape index (κ1) is 16.4. The summed E-state index contributed by atoms with van der Waals surface area (Å²) in [6, 6.07) is 10.1. The highest BCUT2D eigenvalue weighted by atomic mass is 16.4. The first-order valence-corrected chi connectivity index (χ1v) is 9.18. The van der Waals surface area contributed by atoms with Gasteiger partial charge in [-0.1, -0.05) is 18.9 Å². The van der Waals surface area contributed by atoms with Gasteiger partial charge in [-0.3, -0.25) is 4.90 Å². The molecule has 5 heteroatoms. The minimum atomic E-state index is -0.539. The van der Waals surface area contributed by atoms with Crippen LogP contribution < -0.4 is 0 Å². The van der Waals surface area contributed by atoms with Crippen molar-refractivity contribution in [3.05, 3.63) is 60.4 Å². The first-order valence-electron chi connectivity index (χ1n) is 9.18. The van der Waals surface area contributed by atoms with Crippen LogP contribution in [0.4, 0.5) is 0 Å². The molecule has 2 atom stereocenters. The number of pyridine rings is 1. The van der Waals surface area contributed by atoms with Crippen LogP contribution in [0.15, 0.2) is 53.4 Å². The van der Waals surface area contributed by atoms with Crippen molar-refractivity contribution >= 4 is 5.65 Å². The molecule has 0 amide bonds. The molecular weight excluding hydrogens is 314 g/mol.